The number of nitrogens with zero attached hydrogens (tertiary/aromatic N) is 3. The maximum absolute atomic E-state index is 12.7. The van der Waals surface area contributed by atoms with Gasteiger partial charge >= 0.3 is 5.69 Å². The summed E-state index contributed by atoms with van der Waals surface area (Å²) in [4.78, 5) is 41.0. The molecule has 0 unspecified atom stereocenters. The van der Waals surface area contributed by atoms with Crippen molar-refractivity contribution in [3.63, 3.8) is 0 Å². The molecule has 0 saturated carbocycles. The lowest BCUT2D eigenvalue weighted by atomic mass is 10.3. The topological polar surface area (TPSA) is 95.2 Å². The monoisotopic (exact) mass is 320 g/mol. The Hall–Kier alpha value is -2.64. The molecule has 2 rings (SSSR count). The number of aryl methyl sites for hydroxylation is 1. The van der Waals surface area contributed by atoms with Gasteiger partial charge < -0.3 is 10.1 Å². The van der Waals surface area contributed by atoms with Crippen molar-refractivity contribution in [3.05, 3.63) is 33.1 Å². The van der Waals surface area contributed by atoms with Crippen molar-refractivity contribution in [2.75, 3.05) is 6.61 Å². The fourth-order valence-corrected chi connectivity index (χ4v) is 2.31. The number of fused-ring (bicyclic) bond motifs is 1. The van der Waals surface area contributed by atoms with Gasteiger partial charge in [0, 0.05) is 19.3 Å². The summed E-state index contributed by atoms with van der Waals surface area (Å²) < 4.78 is 7.58. The number of hydrogen-bond acceptors (Lipinski definition) is 5. The van der Waals surface area contributed by atoms with Gasteiger partial charge in [0.1, 0.15) is 17.7 Å². The Morgan fingerprint density at radius 1 is 1.39 bits per heavy atom. The predicted octanol–water partition coefficient (Wildman–Crippen LogP) is 0.0185. The Balaban J connectivity index is 2.67. The molecule has 0 aromatic carbocycles. The van der Waals surface area contributed by atoms with E-state index in [0.717, 1.165) is 4.57 Å². The second-order valence-electron chi connectivity index (χ2n) is 5.40. The van der Waals surface area contributed by atoms with Crippen molar-refractivity contribution < 1.29 is 9.53 Å². The smallest absolute Gasteiger partial charge is 0.332 e. The molecule has 8 heteroatoms. The quantitative estimate of drug-likeness (QED) is 0.838. The molecular formula is C15H20N4O4. The van der Waals surface area contributed by atoms with E-state index in [2.05, 4.69) is 10.3 Å². The van der Waals surface area contributed by atoms with Gasteiger partial charge in [0.25, 0.3) is 5.56 Å². The minimum atomic E-state index is -0.595. The van der Waals surface area contributed by atoms with Crippen LogP contribution in [-0.4, -0.2) is 32.7 Å². The molecule has 2 aromatic heterocycles. The van der Waals surface area contributed by atoms with Gasteiger partial charge in [-0.05, 0) is 26.8 Å². The number of carbonyl (C=O) groups is 1. The first-order valence-corrected chi connectivity index (χ1v) is 7.37. The van der Waals surface area contributed by atoms with Gasteiger partial charge in [-0.3, -0.25) is 14.2 Å². The highest BCUT2D eigenvalue weighted by atomic mass is 16.5. The second kappa shape index (κ2) is 6.64. The first-order valence-electron chi connectivity index (χ1n) is 7.37. The van der Waals surface area contributed by atoms with Crippen LogP contribution < -0.4 is 21.3 Å². The van der Waals surface area contributed by atoms with Crippen LogP contribution in [0.1, 0.15) is 20.8 Å². The minimum absolute atomic E-state index is 0.0804. The fraction of sp³-hybridized carbons (Fsp3) is 0.467. The van der Waals surface area contributed by atoms with Gasteiger partial charge in [0.05, 0.1) is 6.61 Å². The molecular weight excluding hydrogens is 300 g/mol. The SMILES string of the molecule is CCOc1ccnc2c1c(=O)n(CC(=O)NC(C)C)c(=O)n2C. The first-order chi connectivity index (χ1) is 10.9. The summed E-state index contributed by atoms with van der Waals surface area (Å²) in [7, 11) is 1.50. The highest BCUT2D eigenvalue weighted by molar-refractivity contribution is 5.82. The molecule has 23 heavy (non-hydrogen) atoms. The molecule has 2 heterocycles. The van der Waals surface area contributed by atoms with E-state index in [9.17, 15) is 14.4 Å². The van der Waals surface area contributed by atoms with Crippen LogP contribution in [0.2, 0.25) is 0 Å². The van der Waals surface area contributed by atoms with Crippen molar-refractivity contribution in [2.24, 2.45) is 7.05 Å². The molecule has 8 nitrogen and oxygen atoms in total. The van der Waals surface area contributed by atoms with E-state index in [1.165, 1.54) is 17.8 Å². The second-order valence-corrected chi connectivity index (χ2v) is 5.40. The lowest BCUT2D eigenvalue weighted by Gasteiger charge is -2.13. The lowest BCUT2D eigenvalue weighted by Crippen LogP contribution is -2.44. The Kier molecular flexibility index (Phi) is 4.83. The van der Waals surface area contributed by atoms with E-state index in [1.807, 2.05) is 0 Å². The molecule has 0 radical (unpaired) electrons. The third-order valence-electron chi connectivity index (χ3n) is 3.24. The molecule has 1 amide bonds. The molecule has 0 aliphatic rings. The van der Waals surface area contributed by atoms with E-state index in [1.54, 1.807) is 26.8 Å². The Morgan fingerprint density at radius 3 is 2.70 bits per heavy atom. The Labute approximate surface area is 132 Å². The molecule has 0 aliphatic heterocycles. The van der Waals surface area contributed by atoms with Crippen molar-refractivity contribution >= 4 is 16.9 Å². The zero-order chi connectivity index (χ0) is 17.1. The summed E-state index contributed by atoms with van der Waals surface area (Å²) in [5, 5.41) is 2.85. The van der Waals surface area contributed by atoms with Crippen LogP contribution in [-0.2, 0) is 18.4 Å². The van der Waals surface area contributed by atoms with Crippen molar-refractivity contribution in [1.82, 2.24) is 19.4 Å². The Morgan fingerprint density at radius 2 is 2.09 bits per heavy atom. The number of rotatable bonds is 5. The standard InChI is InChI=1S/C15H20N4O4/c1-5-23-10-6-7-16-13-12(10)14(21)19(15(22)18(13)4)8-11(20)17-9(2)3/h6-7,9H,5,8H2,1-4H3,(H,17,20). The molecule has 0 saturated heterocycles. The average molecular weight is 320 g/mol. The minimum Gasteiger partial charge on any atom is -0.493 e. The predicted molar refractivity (Wildman–Crippen MR) is 85.7 cm³/mol. The van der Waals surface area contributed by atoms with Gasteiger partial charge in [0.15, 0.2) is 5.65 Å². The van der Waals surface area contributed by atoms with E-state index >= 15 is 0 Å². The van der Waals surface area contributed by atoms with Crippen molar-refractivity contribution in [2.45, 2.75) is 33.4 Å². The van der Waals surface area contributed by atoms with Crippen LogP contribution in [0.5, 0.6) is 5.75 Å². The van der Waals surface area contributed by atoms with Gasteiger partial charge in [-0.2, -0.15) is 0 Å². The van der Waals surface area contributed by atoms with E-state index < -0.39 is 17.2 Å². The molecule has 0 fully saturated rings. The van der Waals surface area contributed by atoms with E-state index in [0.29, 0.717) is 12.4 Å². The zero-order valence-electron chi connectivity index (χ0n) is 13.6. The molecule has 0 aliphatic carbocycles. The largest absolute Gasteiger partial charge is 0.493 e. The maximum atomic E-state index is 12.7. The van der Waals surface area contributed by atoms with Crippen LogP contribution in [0.4, 0.5) is 0 Å². The lowest BCUT2D eigenvalue weighted by molar-refractivity contribution is -0.122. The van der Waals surface area contributed by atoms with Crippen LogP contribution in [0.3, 0.4) is 0 Å². The summed E-state index contributed by atoms with van der Waals surface area (Å²) in [6, 6.07) is 1.49. The van der Waals surface area contributed by atoms with Gasteiger partial charge in [-0.1, -0.05) is 0 Å². The molecule has 0 bridgehead atoms. The molecule has 2 aromatic rings. The number of ether oxygens (including phenoxy) is 1. The fourth-order valence-electron chi connectivity index (χ4n) is 2.31. The number of pyridine rings is 1. The number of carbonyl (C=O) groups excluding carboxylic acids is 1. The molecule has 0 atom stereocenters. The zero-order valence-corrected chi connectivity index (χ0v) is 13.6. The van der Waals surface area contributed by atoms with Crippen molar-refractivity contribution in [3.8, 4) is 5.75 Å². The van der Waals surface area contributed by atoms with Gasteiger partial charge in [-0.25, -0.2) is 14.3 Å². The normalized spacial score (nSPS) is 11.0. The third kappa shape index (κ3) is 3.25. The van der Waals surface area contributed by atoms with Crippen LogP contribution >= 0.6 is 0 Å². The molecule has 124 valence electrons. The summed E-state index contributed by atoms with van der Waals surface area (Å²) in [6.45, 7) is 5.42. The van der Waals surface area contributed by atoms with Crippen LogP contribution in [0.25, 0.3) is 11.0 Å². The number of amides is 1. The van der Waals surface area contributed by atoms with E-state index in [4.69, 9.17) is 4.74 Å². The van der Waals surface area contributed by atoms with Crippen LogP contribution in [0.15, 0.2) is 21.9 Å². The van der Waals surface area contributed by atoms with Crippen LogP contribution in [0, 0.1) is 0 Å². The summed E-state index contributed by atoms with van der Waals surface area (Å²) >= 11 is 0. The average Bonchev–Trinajstić information content (AvgIpc) is 2.49. The highest BCUT2D eigenvalue weighted by Crippen LogP contribution is 2.18. The van der Waals surface area contributed by atoms with Crippen molar-refractivity contribution in [1.29, 1.82) is 0 Å². The number of nitrogens with one attached hydrogen (secondary N) is 1. The van der Waals surface area contributed by atoms with E-state index in [-0.39, 0.29) is 23.6 Å². The summed E-state index contributed by atoms with van der Waals surface area (Å²) in [5.74, 6) is -0.0588. The van der Waals surface area contributed by atoms with Gasteiger partial charge in [-0.15, -0.1) is 0 Å². The summed E-state index contributed by atoms with van der Waals surface area (Å²) in [6.07, 6.45) is 1.47. The molecule has 0 spiro atoms. The number of hydrogen-bond donors (Lipinski definition) is 1. The Bertz CT molecular complexity index is 851. The summed E-state index contributed by atoms with van der Waals surface area (Å²) in [5.41, 5.74) is -0.951. The van der Waals surface area contributed by atoms with Gasteiger partial charge in [0.2, 0.25) is 5.91 Å². The first kappa shape index (κ1) is 16.7. The highest BCUT2D eigenvalue weighted by Gasteiger charge is 2.18. The maximum Gasteiger partial charge on any atom is 0.332 e. The number of aromatic nitrogens is 3. The third-order valence-corrected chi connectivity index (χ3v) is 3.24. The molecule has 1 N–H and O–H groups in total.